The lowest BCUT2D eigenvalue weighted by Gasteiger charge is -2.03. The zero-order valence-electron chi connectivity index (χ0n) is 7.13. The lowest BCUT2D eigenvalue weighted by molar-refractivity contribution is -0.134. The van der Waals surface area contributed by atoms with Crippen molar-refractivity contribution in [1.29, 1.82) is 0 Å². The number of amides is 2. The summed E-state index contributed by atoms with van der Waals surface area (Å²) in [4.78, 5) is 24.3. The number of carbonyl (C=O) groups excluding carboxylic acids is 2. The molecule has 0 saturated carbocycles. The first-order valence-electron chi connectivity index (χ1n) is 4.17. The molecule has 0 unspecified atom stereocenters. The van der Waals surface area contributed by atoms with Crippen LogP contribution in [0, 0.1) is 0 Å². The van der Waals surface area contributed by atoms with Crippen molar-refractivity contribution in [3.8, 4) is 0 Å². The van der Waals surface area contributed by atoms with Gasteiger partial charge in [-0.3, -0.25) is 14.5 Å². The van der Waals surface area contributed by atoms with Gasteiger partial charge in [0.15, 0.2) is 0 Å². The lowest BCUT2D eigenvalue weighted by atomic mass is 10.1. The molecular weight excluding hydrogens is 166 g/mol. The predicted octanol–water partition coefficient (Wildman–Crippen LogP) is 0.552. The number of hydrogen-bond donors (Lipinski definition) is 0. The summed E-state index contributed by atoms with van der Waals surface area (Å²) >= 11 is 0. The highest BCUT2D eigenvalue weighted by Gasteiger charge is 2.43. The van der Waals surface area contributed by atoms with Crippen LogP contribution in [0.1, 0.15) is 6.42 Å². The minimum atomic E-state index is -0.144. The molecule has 1 saturated heterocycles. The summed E-state index contributed by atoms with van der Waals surface area (Å²) < 4.78 is 0. The van der Waals surface area contributed by atoms with E-state index in [1.807, 2.05) is 12.2 Å². The van der Waals surface area contributed by atoms with Crippen molar-refractivity contribution >= 4 is 11.8 Å². The minimum absolute atomic E-state index is 0.144. The van der Waals surface area contributed by atoms with E-state index in [2.05, 4.69) is 0 Å². The number of likely N-dealkylation sites (tertiary alicyclic amines) is 1. The zero-order valence-corrected chi connectivity index (χ0v) is 7.13. The van der Waals surface area contributed by atoms with Gasteiger partial charge in [0.05, 0.1) is 11.1 Å². The fourth-order valence-electron chi connectivity index (χ4n) is 2.10. The smallest absolute Gasteiger partial charge is 0.261 e. The van der Waals surface area contributed by atoms with Crippen LogP contribution in [-0.4, -0.2) is 23.8 Å². The van der Waals surface area contributed by atoms with Crippen LogP contribution in [0.5, 0.6) is 0 Å². The Kier molecular flexibility index (Phi) is 0.954. The molecule has 3 aliphatic rings. The summed E-state index contributed by atoms with van der Waals surface area (Å²) in [5.74, 6) is -0.288. The zero-order chi connectivity index (χ0) is 9.16. The maximum absolute atomic E-state index is 11.6. The number of allylic oxidation sites excluding steroid dienone is 4. The Labute approximate surface area is 75.0 Å². The van der Waals surface area contributed by atoms with Crippen molar-refractivity contribution in [2.45, 2.75) is 6.42 Å². The van der Waals surface area contributed by atoms with Gasteiger partial charge in [-0.05, 0) is 17.6 Å². The van der Waals surface area contributed by atoms with Gasteiger partial charge in [-0.15, -0.1) is 0 Å². The Morgan fingerprint density at radius 1 is 1.08 bits per heavy atom. The fourth-order valence-corrected chi connectivity index (χ4v) is 2.10. The Morgan fingerprint density at radius 2 is 1.54 bits per heavy atom. The number of nitrogens with zero attached hydrogens (tertiary/aromatic N) is 1. The Balaban J connectivity index is 2.34. The molecule has 0 radical (unpaired) electrons. The second-order valence-electron chi connectivity index (χ2n) is 3.48. The first-order chi connectivity index (χ1) is 6.20. The molecule has 0 spiro atoms. The molecule has 13 heavy (non-hydrogen) atoms. The second kappa shape index (κ2) is 1.82. The van der Waals surface area contributed by atoms with Crippen molar-refractivity contribution in [2.75, 3.05) is 7.05 Å². The Hall–Kier alpha value is -1.64. The molecule has 1 aliphatic heterocycles. The molecular formula is C10H7NO2. The van der Waals surface area contributed by atoms with E-state index >= 15 is 0 Å². The van der Waals surface area contributed by atoms with E-state index in [9.17, 15) is 9.59 Å². The number of hydrogen-bond acceptors (Lipinski definition) is 2. The molecule has 0 aromatic heterocycles. The van der Waals surface area contributed by atoms with Gasteiger partial charge in [-0.2, -0.15) is 0 Å². The van der Waals surface area contributed by atoms with Crippen LogP contribution in [0.4, 0.5) is 0 Å². The summed E-state index contributed by atoms with van der Waals surface area (Å²) in [5, 5.41) is 0. The number of likely N-dealkylation sites (N-methyl/N-ethyl adjacent to an activating group) is 1. The number of carbonyl (C=O) groups is 2. The van der Waals surface area contributed by atoms with Gasteiger partial charge >= 0.3 is 0 Å². The molecule has 2 aliphatic carbocycles. The highest BCUT2D eigenvalue weighted by Crippen LogP contribution is 2.43. The van der Waals surface area contributed by atoms with Gasteiger partial charge in [0.1, 0.15) is 0 Å². The van der Waals surface area contributed by atoms with Gasteiger partial charge in [0.25, 0.3) is 11.8 Å². The third-order valence-corrected chi connectivity index (χ3v) is 2.80. The van der Waals surface area contributed by atoms with Crippen molar-refractivity contribution in [1.82, 2.24) is 4.90 Å². The molecule has 3 rings (SSSR count). The van der Waals surface area contributed by atoms with Gasteiger partial charge in [-0.25, -0.2) is 0 Å². The Morgan fingerprint density at radius 3 is 2.00 bits per heavy atom. The van der Waals surface area contributed by atoms with Crippen LogP contribution in [0.3, 0.4) is 0 Å². The molecule has 0 atom stereocenters. The van der Waals surface area contributed by atoms with Crippen LogP contribution >= 0.6 is 0 Å². The average Bonchev–Trinajstić information content (AvgIpc) is 2.76. The van der Waals surface area contributed by atoms with Gasteiger partial charge in [0.2, 0.25) is 0 Å². The SMILES string of the molecule is CN1C(=O)C2=C3C=CC(=C2C1=O)C3. The molecule has 2 amide bonds. The van der Waals surface area contributed by atoms with E-state index in [1.165, 1.54) is 11.9 Å². The molecule has 64 valence electrons. The highest BCUT2D eigenvalue weighted by molar-refractivity contribution is 6.26. The summed E-state index contributed by atoms with van der Waals surface area (Å²) in [6.07, 6.45) is 4.63. The maximum Gasteiger partial charge on any atom is 0.261 e. The van der Waals surface area contributed by atoms with E-state index in [0.717, 1.165) is 17.6 Å². The molecule has 0 N–H and O–H groups in total. The molecule has 0 aromatic rings. The molecule has 0 aromatic carbocycles. The second-order valence-corrected chi connectivity index (χ2v) is 3.48. The average molecular weight is 173 g/mol. The number of fused-ring (bicyclic) bond motifs is 3. The third kappa shape index (κ3) is 0.579. The summed E-state index contributed by atoms with van der Waals surface area (Å²) in [6.45, 7) is 0. The number of imide groups is 1. The maximum atomic E-state index is 11.6. The van der Waals surface area contributed by atoms with Crippen LogP contribution in [0.15, 0.2) is 34.4 Å². The summed E-state index contributed by atoms with van der Waals surface area (Å²) in [5.41, 5.74) is 3.30. The highest BCUT2D eigenvalue weighted by atomic mass is 16.2. The van der Waals surface area contributed by atoms with Gasteiger partial charge < -0.3 is 0 Å². The molecule has 1 fully saturated rings. The van der Waals surface area contributed by atoms with Crippen molar-refractivity contribution in [3.63, 3.8) is 0 Å². The lowest BCUT2D eigenvalue weighted by Crippen LogP contribution is -2.24. The monoisotopic (exact) mass is 173 g/mol. The van der Waals surface area contributed by atoms with Gasteiger partial charge in [-0.1, -0.05) is 12.2 Å². The number of rotatable bonds is 0. The first kappa shape index (κ1) is 6.83. The van der Waals surface area contributed by atoms with E-state index in [0.29, 0.717) is 11.1 Å². The van der Waals surface area contributed by atoms with E-state index in [-0.39, 0.29) is 11.8 Å². The summed E-state index contributed by atoms with van der Waals surface area (Å²) in [6, 6.07) is 0. The van der Waals surface area contributed by atoms with Crippen molar-refractivity contribution in [2.24, 2.45) is 0 Å². The summed E-state index contributed by atoms with van der Waals surface area (Å²) in [7, 11) is 1.53. The molecule has 3 heteroatoms. The Bertz CT molecular complexity index is 412. The molecule has 1 heterocycles. The van der Waals surface area contributed by atoms with E-state index < -0.39 is 0 Å². The quantitative estimate of drug-likeness (QED) is 0.502. The largest absolute Gasteiger partial charge is 0.277 e. The topological polar surface area (TPSA) is 37.4 Å². The fraction of sp³-hybridized carbons (Fsp3) is 0.200. The molecule has 2 bridgehead atoms. The van der Waals surface area contributed by atoms with Crippen LogP contribution in [0.25, 0.3) is 0 Å². The van der Waals surface area contributed by atoms with Crippen molar-refractivity contribution in [3.05, 3.63) is 34.4 Å². The van der Waals surface area contributed by atoms with Crippen LogP contribution < -0.4 is 0 Å². The minimum Gasteiger partial charge on any atom is -0.277 e. The van der Waals surface area contributed by atoms with E-state index in [4.69, 9.17) is 0 Å². The van der Waals surface area contributed by atoms with Crippen LogP contribution in [-0.2, 0) is 9.59 Å². The van der Waals surface area contributed by atoms with Crippen molar-refractivity contribution < 1.29 is 9.59 Å². The molecule has 3 nitrogen and oxygen atoms in total. The van der Waals surface area contributed by atoms with E-state index in [1.54, 1.807) is 0 Å². The normalized spacial score (nSPS) is 24.2. The predicted molar refractivity (Wildman–Crippen MR) is 45.6 cm³/mol. The standard InChI is InChI=1S/C10H7NO2/c1-11-9(12)7-5-2-3-6(4-5)8(7)10(11)13/h2-3H,4H2,1H3. The first-order valence-corrected chi connectivity index (χ1v) is 4.17. The third-order valence-electron chi connectivity index (χ3n) is 2.80. The van der Waals surface area contributed by atoms with Crippen LogP contribution in [0.2, 0.25) is 0 Å². The van der Waals surface area contributed by atoms with Gasteiger partial charge in [0, 0.05) is 7.05 Å².